The highest BCUT2D eigenvalue weighted by Crippen LogP contribution is 2.35. The standard InChI is InChI=1S/C23H25ClN4.2ClH/c1-15-6-12-20-19(14-15)23(18-4-2-3-5-21(18)28-25)27-22(26-20)13-9-16-7-10-17(24)11-8-16;;/h6-14,18,21,28H,2-5,25H2,1H3;2*1H/t18-,21+;;/m0../s1. The van der Waals surface area contributed by atoms with E-state index in [1.54, 1.807) is 0 Å². The molecular weight excluding hydrogens is 439 g/mol. The number of rotatable bonds is 4. The average molecular weight is 466 g/mol. The molecule has 1 aromatic heterocycles. The van der Waals surface area contributed by atoms with Crippen molar-refractivity contribution in [2.75, 3.05) is 0 Å². The molecule has 4 nitrogen and oxygen atoms in total. The third-order valence-electron chi connectivity index (χ3n) is 5.52. The van der Waals surface area contributed by atoms with E-state index in [0.717, 1.165) is 45.8 Å². The quantitative estimate of drug-likeness (QED) is 0.361. The summed E-state index contributed by atoms with van der Waals surface area (Å²) in [5.74, 6) is 6.90. The van der Waals surface area contributed by atoms with Crippen molar-refractivity contribution < 1.29 is 0 Å². The van der Waals surface area contributed by atoms with E-state index in [2.05, 4.69) is 30.5 Å². The second-order valence-electron chi connectivity index (χ2n) is 7.54. The molecule has 0 bridgehead atoms. The smallest absolute Gasteiger partial charge is 0.152 e. The van der Waals surface area contributed by atoms with Crippen LogP contribution in [-0.2, 0) is 0 Å². The monoisotopic (exact) mass is 464 g/mol. The lowest BCUT2D eigenvalue weighted by atomic mass is 9.81. The highest BCUT2D eigenvalue weighted by atomic mass is 35.5. The van der Waals surface area contributed by atoms with Crippen LogP contribution < -0.4 is 11.3 Å². The molecule has 3 aromatic rings. The Balaban J connectivity index is 0.00000160. The fourth-order valence-corrected chi connectivity index (χ4v) is 4.17. The molecule has 30 heavy (non-hydrogen) atoms. The maximum absolute atomic E-state index is 5.98. The van der Waals surface area contributed by atoms with Crippen molar-refractivity contribution in [1.29, 1.82) is 0 Å². The van der Waals surface area contributed by atoms with Crippen LogP contribution in [0, 0.1) is 6.92 Å². The van der Waals surface area contributed by atoms with Gasteiger partial charge < -0.3 is 0 Å². The lowest BCUT2D eigenvalue weighted by Crippen LogP contribution is -2.41. The first kappa shape index (κ1) is 24.6. The van der Waals surface area contributed by atoms with Gasteiger partial charge in [0.25, 0.3) is 0 Å². The van der Waals surface area contributed by atoms with Crippen LogP contribution in [0.4, 0.5) is 0 Å². The minimum atomic E-state index is 0. The molecule has 1 aliphatic carbocycles. The number of nitrogens with zero attached hydrogens (tertiary/aromatic N) is 2. The molecule has 1 saturated carbocycles. The Morgan fingerprint density at radius 1 is 1.00 bits per heavy atom. The molecule has 0 saturated heterocycles. The molecule has 160 valence electrons. The number of benzene rings is 2. The van der Waals surface area contributed by atoms with Gasteiger partial charge in [-0.15, -0.1) is 24.8 Å². The van der Waals surface area contributed by atoms with Crippen LogP contribution in [0.15, 0.2) is 42.5 Å². The lowest BCUT2D eigenvalue weighted by molar-refractivity contribution is 0.328. The van der Waals surface area contributed by atoms with Crippen LogP contribution in [0.25, 0.3) is 23.1 Å². The van der Waals surface area contributed by atoms with E-state index in [1.165, 1.54) is 18.4 Å². The van der Waals surface area contributed by atoms with E-state index in [1.807, 2.05) is 36.4 Å². The third-order valence-corrected chi connectivity index (χ3v) is 5.78. The van der Waals surface area contributed by atoms with E-state index < -0.39 is 0 Å². The molecule has 0 amide bonds. The zero-order chi connectivity index (χ0) is 19.5. The molecular formula is C23H27Cl3N4. The Bertz CT molecular complexity index is 1010. The summed E-state index contributed by atoms with van der Waals surface area (Å²) >= 11 is 5.98. The second-order valence-corrected chi connectivity index (χ2v) is 7.97. The van der Waals surface area contributed by atoms with Crippen molar-refractivity contribution in [1.82, 2.24) is 15.4 Å². The van der Waals surface area contributed by atoms with Crippen molar-refractivity contribution in [3.63, 3.8) is 0 Å². The lowest BCUT2D eigenvalue weighted by Gasteiger charge is -2.31. The van der Waals surface area contributed by atoms with E-state index in [9.17, 15) is 0 Å². The maximum atomic E-state index is 5.98. The minimum Gasteiger partial charge on any atom is -0.271 e. The van der Waals surface area contributed by atoms with Gasteiger partial charge in [0, 0.05) is 22.4 Å². The summed E-state index contributed by atoms with van der Waals surface area (Å²) in [6.07, 6.45) is 8.57. The number of fused-ring (bicyclic) bond motifs is 1. The Morgan fingerprint density at radius 2 is 1.73 bits per heavy atom. The molecule has 3 N–H and O–H groups in total. The fourth-order valence-electron chi connectivity index (χ4n) is 4.04. The maximum Gasteiger partial charge on any atom is 0.152 e. The first-order valence-electron chi connectivity index (χ1n) is 9.82. The zero-order valence-electron chi connectivity index (χ0n) is 16.8. The molecule has 1 heterocycles. The van der Waals surface area contributed by atoms with Gasteiger partial charge in [0.15, 0.2) is 5.82 Å². The number of hydrogen-bond acceptors (Lipinski definition) is 4. The van der Waals surface area contributed by atoms with Gasteiger partial charge in [-0.05, 0) is 55.7 Å². The van der Waals surface area contributed by atoms with Crippen molar-refractivity contribution >= 4 is 59.5 Å². The van der Waals surface area contributed by atoms with Crippen LogP contribution in [0.5, 0.6) is 0 Å². The van der Waals surface area contributed by atoms with Gasteiger partial charge in [-0.1, -0.05) is 54.3 Å². The number of nitrogens with two attached hydrogens (primary N) is 1. The molecule has 2 aromatic carbocycles. The summed E-state index contributed by atoms with van der Waals surface area (Å²) < 4.78 is 0. The van der Waals surface area contributed by atoms with Crippen molar-refractivity contribution in [2.24, 2.45) is 5.84 Å². The van der Waals surface area contributed by atoms with Crippen LogP contribution in [0.1, 0.15) is 54.2 Å². The van der Waals surface area contributed by atoms with Gasteiger partial charge in [0.2, 0.25) is 0 Å². The Kier molecular flexibility index (Phi) is 9.08. The molecule has 0 aliphatic heterocycles. The van der Waals surface area contributed by atoms with Crippen molar-refractivity contribution in [3.8, 4) is 0 Å². The SMILES string of the molecule is Cc1ccc2nc(C=Cc3ccc(Cl)cc3)nc([C@H]3CCCC[C@H]3NN)c2c1.Cl.Cl. The second kappa shape index (κ2) is 11.1. The number of aromatic nitrogens is 2. The first-order valence-corrected chi connectivity index (χ1v) is 10.2. The summed E-state index contributed by atoms with van der Waals surface area (Å²) in [5.41, 5.74) is 7.39. The zero-order valence-corrected chi connectivity index (χ0v) is 19.2. The van der Waals surface area contributed by atoms with E-state index in [-0.39, 0.29) is 30.9 Å². The summed E-state index contributed by atoms with van der Waals surface area (Å²) in [5, 5.41) is 1.87. The highest BCUT2D eigenvalue weighted by Gasteiger charge is 2.28. The van der Waals surface area contributed by atoms with Crippen molar-refractivity contribution in [2.45, 2.75) is 44.6 Å². The summed E-state index contributed by atoms with van der Waals surface area (Å²) in [7, 11) is 0. The fraction of sp³-hybridized carbons (Fsp3) is 0.304. The summed E-state index contributed by atoms with van der Waals surface area (Å²) in [6.45, 7) is 2.11. The Hall–Kier alpha value is -1.69. The van der Waals surface area contributed by atoms with Crippen LogP contribution in [-0.4, -0.2) is 16.0 Å². The van der Waals surface area contributed by atoms with Gasteiger partial charge in [-0.25, -0.2) is 9.97 Å². The minimum absolute atomic E-state index is 0. The highest BCUT2D eigenvalue weighted by molar-refractivity contribution is 6.30. The van der Waals surface area contributed by atoms with E-state index >= 15 is 0 Å². The van der Waals surface area contributed by atoms with Crippen LogP contribution in [0.2, 0.25) is 5.02 Å². The van der Waals surface area contributed by atoms with E-state index in [4.69, 9.17) is 27.4 Å². The first-order chi connectivity index (χ1) is 13.6. The summed E-state index contributed by atoms with van der Waals surface area (Å²) in [6, 6.07) is 14.4. The number of hydrazine groups is 1. The number of aryl methyl sites for hydroxylation is 1. The van der Waals surface area contributed by atoms with Gasteiger partial charge >= 0.3 is 0 Å². The largest absolute Gasteiger partial charge is 0.271 e. The van der Waals surface area contributed by atoms with Crippen molar-refractivity contribution in [3.05, 3.63) is 70.1 Å². The third kappa shape index (κ3) is 5.51. The normalized spacial score (nSPS) is 18.8. The predicted molar refractivity (Wildman–Crippen MR) is 131 cm³/mol. The number of halogens is 3. The molecule has 0 unspecified atom stereocenters. The molecule has 0 radical (unpaired) electrons. The average Bonchev–Trinajstić information content (AvgIpc) is 2.73. The predicted octanol–water partition coefficient (Wildman–Crippen LogP) is 6.10. The van der Waals surface area contributed by atoms with Gasteiger partial charge in [-0.2, -0.15) is 0 Å². The number of hydrogen-bond donors (Lipinski definition) is 2. The van der Waals surface area contributed by atoms with Crippen LogP contribution in [0.3, 0.4) is 0 Å². The number of nitrogens with one attached hydrogen (secondary N) is 1. The molecule has 4 rings (SSSR count). The Labute approximate surface area is 195 Å². The topological polar surface area (TPSA) is 63.8 Å². The Morgan fingerprint density at radius 3 is 2.47 bits per heavy atom. The van der Waals surface area contributed by atoms with Gasteiger partial charge in [0.1, 0.15) is 0 Å². The van der Waals surface area contributed by atoms with Crippen LogP contribution >= 0.6 is 36.4 Å². The molecule has 7 heteroatoms. The molecule has 1 fully saturated rings. The van der Waals surface area contributed by atoms with Gasteiger partial charge in [0.05, 0.1) is 11.2 Å². The molecule has 0 spiro atoms. The summed E-state index contributed by atoms with van der Waals surface area (Å²) in [4.78, 5) is 9.76. The van der Waals surface area contributed by atoms with Gasteiger partial charge in [-0.3, -0.25) is 11.3 Å². The molecule has 1 aliphatic rings. The van der Waals surface area contributed by atoms with E-state index in [0.29, 0.717) is 5.92 Å². The molecule has 2 atom stereocenters.